The number of imidazole rings is 1. The van der Waals surface area contributed by atoms with Crippen LogP contribution in [0.4, 0.5) is 0 Å². The fourth-order valence-corrected chi connectivity index (χ4v) is 4.01. The Bertz CT molecular complexity index is 982. The Morgan fingerprint density at radius 1 is 1.29 bits per heavy atom. The van der Waals surface area contributed by atoms with E-state index in [1.807, 2.05) is 47.5 Å². The van der Waals surface area contributed by atoms with E-state index in [0.29, 0.717) is 13.0 Å². The van der Waals surface area contributed by atoms with Crippen LogP contribution < -0.4 is 4.74 Å². The molecule has 0 bridgehead atoms. The number of aryl methyl sites for hydroxylation is 1. The van der Waals surface area contributed by atoms with Gasteiger partial charge in [0, 0.05) is 25.7 Å². The normalized spacial score (nSPS) is 16.6. The van der Waals surface area contributed by atoms with Gasteiger partial charge in [-0.05, 0) is 42.7 Å². The van der Waals surface area contributed by atoms with E-state index in [1.54, 1.807) is 7.11 Å². The Labute approximate surface area is 165 Å². The molecule has 1 saturated heterocycles. The van der Waals surface area contributed by atoms with Crippen molar-refractivity contribution in [2.24, 2.45) is 0 Å². The van der Waals surface area contributed by atoms with Crippen LogP contribution in [0.25, 0.3) is 11.2 Å². The number of pyridine rings is 1. The van der Waals surface area contributed by atoms with Gasteiger partial charge < -0.3 is 14.2 Å². The van der Waals surface area contributed by atoms with E-state index in [9.17, 15) is 4.79 Å². The van der Waals surface area contributed by atoms with Gasteiger partial charge in [-0.25, -0.2) is 9.97 Å². The fourth-order valence-electron chi connectivity index (χ4n) is 4.01. The van der Waals surface area contributed by atoms with Crippen LogP contribution in [0.2, 0.25) is 0 Å². The summed E-state index contributed by atoms with van der Waals surface area (Å²) in [5.74, 6) is 2.01. The van der Waals surface area contributed by atoms with Crippen molar-refractivity contribution in [2.75, 3.05) is 20.2 Å². The molecular formula is C22H26N4O2. The van der Waals surface area contributed by atoms with Crippen LogP contribution in [0.5, 0.6) is 5.75 Å². The molecule has 1 aromatic carbocycles. The quantitative estimate of drug-likeness (QED) is 0.660. The van der Waals surface area contributed by atoms with Gasteiger partial charge in [0.2, 0.25) is 5.91 Å². The smallest absolute Gasteiger partial charge is 0.227 e. The zero-order chi connectivity index (χ0) is 19.5. The molecule has 0 spiro atoms. The van der Waals surface area contributed by atoms with Crippen LogP contribution in [0, 0.1) is 0 Å². The molecule has 3 heterocycles. The molecule has 28 heavy (non-hydrogen) atoms. The number of likely N-dealkylation sites (tertiary alicyclic amines) is 1. The number of fused-ring (bicyclic) bond motifs is 1. The van der Waals surface area contributed by atoms with Crippen molar-refractivity contribution in [3.63, 3.8) is 0 Å². The van der Waals surface area contributed by atoms with Gasteiger partial charge in [-0.3, -0.25) is 4.79 Å². The Hall–Kier alpha value is -2.89. The minimum absolute atomic E-state index is 0.158. The van der Waals surface area contributed by atoms with Gasteiger partial charge in [-0.2, -0.15) is 0 Å². The van der Waals surface area contributed by atoms with Crippen molar-refractivity contribution in [1.29, 1.82) is 0 Å². The number of rotatable bonds is 6. The first-order valence-corrected chi connectivity index (χ1v) is 9.92. The van der Waals surface area contributed by atoms with E-state index < -0.39 is 0 Å². The van der Waals surface area contributed by atoms with E-state index in [4.69, 9.17) is 9.72 Å². The van der Waals surface area contributed by atoms with Crippen LogP contribution >= 0.6 is 0 Å². The molecule has 2 aromatic heterocycles. The monoisotopic (exact) mass is 378 g/mol. The summed E-state index contributed by atoms with van der Waals surface area (Å²) in [4.78, 5) is 24.2. The minimum Gasteiger partial charge on any atom is -0.497 e. The van der Waals surface area contributed by atoms with Gasteiger partial charge in [0.1, 0.15) is 17.1 Å². The molecular weight excluding hydrogens is 352 g/mol. The van der Waals surface area contributed by atoms with Gasteiger partial charge in [0.15, 0.2) is 5.65 Å². The fraction of sp³-hybridized carbons (Fsp3) is 0.409. The molecule has 1 amide bonds. The molecule has 1 aliphatic rings. The topological polar surface area (TPSA) is 60.2 Å². The molecule has 0 radical (unpaired) electrons. The van der Waals surface area contributed by atoms with Gasteiger partial charge >= 0.3 is 0 Å². The van der Waals surface area contributed by atoms with E-state index >= 15 is 0 Å². The molecule has 1 unspecified atom stereocenters. The van der Waals surface area contributed by atoms with Crippen molar-refractivity contribution < 1.29 is 9.53 Å². The highest BCUT2D eigenvalue weighted by Crippen LogP contribution is 2.28. The Kier molecular flexibility index (Phi) is 5.28. The second kappa shape index (κ2) is 8.00. The third-order valence-electron chi connectivity index (χ3n) is 5.37. The first-order chi connectivity index (χ1) is 13.7. The average Bonchev–Trinajstić information content (AvgIpc) is 3.32. The number of amides is 1. The predicted octanol–water partition coefficient (Wildman–Crippen LogP) is 3.41. The lowest BCUT2D eigenvalue weighted by Gasteiger charge is -2.19. The number of carbonyl (C=O) groups excluding carboxylic acids is 1. The molecule has 0 N–H and O–H groups in total. The highest BCUT2D eigenvalue weighted by atomic mass is 16.5. The maximum Gasteiger partial charge on any atom is 0.227 e. The van der Waals surface area contributed by atoms with Crippen molar-refractivity contribution in [3.05, 3.63) is 54.0 Å². The van der Waals surface area contributed by atoms with E-state index in [2.05, 4.69) is 16.5 Å². The summed E-state index contributed by atoms with van der Waals surface area (Å²) in [6, 6.07) is 11.9. The lowest BCUT2D eigenvalue weighted by molar-refractivity contribution is -0.129. The van der Waals surface area contributed by atoms with Gasteiger partial charge in [0.25, 0.3) is 0 Å². The summed E-state index contributed by atoms with van der Waals surface area (Å²) in [5, 5.41) is 0. The Morgan fingerprint density at radius 3 is 3.00 bits per heavy atom. The van der Waals surface area contributed by atoms with Crippen LogP contribution in [-0.4, -0.2) is 45.5 Å². The summed E-state index contributed by atoms with van der Waals surface area (Å²) in [7, 11) is 1.64. The largest absolute Gasteiger partial charge is 0.497 e. The molecule has 1 fully saturated rings. The van der Waals surface area contributed by atoms with Crippen LogP contribution in [0.15, 0.2) is 42.6 Å². The highest BCUT2D eigenvalue weighted by molar-refractivity contribution is 5.79. The SMILES string of the molecule is CCCc1nc2cccnc2n1C1CCN(C(=O)Cc2cccc(OC)c2)C1. The third kappa shape index (κ3) is 3.59. The lowest BCUT2D eigenvalue weighted by Crippen LogP contribution is -2.30. The van der Waals surface area contributed by atoms with Crippen molar-refractivity contribution in [3.8, 4) is 5.75 Å². The zero-order valence-corrected chi connectivity index (χ0v) is 16.5. The molecule has 146 valence electrons. The van der Waals surface area contributed by atoms with Crippen LogP contribution in [0.3, 0.4) is 0 Å². The summed E-state index contributed by atoms with van der Waals surface area (Å²) in [6.07, 6.45) is 5.10. The molecule has 3 aromatic rings. The number of nitrogens with zero attached hydrogens (tertiary/aromatic N) is 4. The number of aromatic nitrogens is 3. The van der Waals surface area contributed by atoms with Crippen molar-refractivity contribution in [1.82, 2.24) is 19.4 Å². The molecule has 1 atom stereocenters. The van der Waals surface area contributed by atoms with Crippen LogP contribution in [0.1, 0.15) is 37.2 Å². The van der Waals surface area contributed by atoms with E-state index in [1.165, 1.54) is 0 Å². The number of ether oxygens (including phenoxy) is 1. The van der Waals surface area contributed by atoms with Crippen molar-refractivity contribution in [2.45, 2.75) is 38.6 Å². The number of hydrogen-bond donors (Lipinski definition) is 0. The van der Waals surface area contributed by atoms with E-state index in [0.717, 1.165) is 54.1 Å². The number of methoxy groups -OCH3 is 1. The number of benzene rings is 1. The van der Waals surface area contributed by atoms with E-state index in [-0.39, 0.29) is 11.9 Å². The van der Waals surface area contributed by atoms with Gasteiger partial charge in [-0.15, -0.1) is 0 Å². The second-order valence-corrected chi connectivity index (χ2v) is 7.30. The minimum atomic E-state index is 0.158. The first-order valence-electron chi connectivity index (χ1n) is 9.92. The zero-order valence-electron chi connectivity index (χ0n) is 16.5. The number of carbonyl (C=O) groups is 1. The molecule has 0 aliphatic carbocycles. The molecule has 0 saturated carbocycles. The maximum absolute atomic E-state index is 12.8. The highest BCUT2D eigenvalue weighted by Gasteiger charge is 2.30. The second-order valence-electron chi connectivity index (χ2n) is 7.30. The summed E-state index contributed by atoms with van der Waals surface area (Å²) in [5.41, 5.74) is 2.85. The third-order valence-corrected chi connectivity index (χ3v) is 5.37. The first kappa shape index (κ1) is 18.5. The predicted molar refractivity (Wildman–Crippen MR) is 108 cm³/mol. The molecule has 6 heteroatoms. The summed E-state index contributed by atoms with van der Waals surface area (Å²) in [6.45, 7) is 3.64. The Balaban J connectivity index is 1.51. The lowest BCUT2D eigenvalue weighted by atomic mass is 10.1. The van der Waals surface area contributed by atoms with Crippen LogP contribution in [-0.2, 0) is 17.6 Å². The summed E-state index contributed by atoms with van der Waals surface area (Å²) >= 11 is 0. The van der Waals surface area contributed by atoms with Crippen molar-refractivity contribution >= 4 is 17.1 Å². The standard InChI is InChI=1S/C22H26N4O2/c1-3-6-20-24-19-9-5-11-23-22(19)26(20)17-10-12-25(15-17)21(27)14-16-7-4-8-18(13-16)28-2/h4-5,7-9,11,13,17H,3,6,10,12,14-15H2,1-2H3. The average molecular weight is 378 g/mol. The van der Waals surface area contributed by atoms with Gasteiger partial charge in [0.05, 0.1) is 19.6 Å². The summed E-state index contributed by atoms with van der Waals surface area (Å²) < 4.78 is 7.52. The van der Waals surface area contributed by atoms with Gasteiger partial charge in [-0.1, -0.05) is 19.1 Å². The molecule has 6 nitrogen and oxygen atoms in total. The Morgan fingerprint density at radius 2 is 2.18 bits per heavy atom. The molecule has 1 aliphatic heterocycles. The maximum atomic E-state index is 12.8. The molecule has 4 rings (SSSR count). The number of hydrogen-bond acceptors (Lipinski definition) is 4.